The van der Waals surface area contributed by atoms with Crippen LogP contribution in [0, 0.1) is 11.6 Å². The number of fused-ring (bicyclic) bond motifs is 1. The van der Waals surface area contributed by atoms with E-state index in [4.69, 9.17) is 0 Å². The third-order valence-corrected chi connectivity index (χ3v) is 5.07. The zero-order chi connectivity index (χ0) is 13.6. The molecule has 0 unspecified atom stereocenters. The Morgan fingerprint density at radius 3 is 2.68 bits per heavy atom. The fourth-order valence-corrected chi connectivity index (χ4v) is 3.79. The Morgan fingerprint density at radius 2 is 1.95 bits per heavy atom. The van der Waals surface area contributed by atoms with Crippen LogP contribution >= 0.6 is 27.3 Å². The predicted octanol–water partition coefficient (Wildman–Crippen LogP) is 4.51. The van der Waals surface area contributed by atoms with E-state index < -0.39 is 17.4 Å². The third-order valence-electron chi connectivity index (χ3n) is 3.22. The van der Waals surface area contributed by atoms with Crippen LogP contribution in [0.25, 0.3) is 0 Å². The maximum absolute atomic E-state index is 13.8. The predicted molar refractivity (Wildman–Crippen MR) is 73.8 cm³/mol. The molecule has 3 rings (SSSR count). The van der Waals surface area contributed by atoms with Crippen molar-refractivity contribution in [1.29, 1.82) is 0 Å². The molecular formula is C14H9BrF2OS. The molecule has 0 fully saturated rings. The average Bonchev–Trinajstić information content (AvgIpc) is 2.93. The van der Waals surface area contributed by atoms with Gasteiger partial charge in [0.15, 0.2) is 0 Å². The van der Waals surface area contributed by atoms with E-state index in [0.717, 1.165) is 31.4 Å². The second-order valence-corrected chi connectivity index (χ2v) is 6.48. The van der Waals surface area contributed by atoms with Gasteiger partial charge in [0.1, 0.15) is 11.6 Å². The number of thiophene rings is 1. The van der Waals surface area contributed by atoms with Gasteiger partial charge in [-0.3, -0.25) is 4.79 Å². The normalized spacial score (nSPS) is 13.6. The van der Waals surface area contributed by atoms with Crippen LogP contribution in [-0.4, -0.2) is 5.78 Å². The van der Waals surface area contributed by atoms with Gasteiger partial charge >= 0.3 is 0 Å². The van der Waals surface area contributed by atoms with Crippen LogP contribution in [-0.2, 0) is 12.8 Å². The SMILES string of the molecule is O=C(c1cc2c(s1)CCC2)c1cc(F)c(Br)cc1F. The van der Waals surface area contributed by atoms with Gasteiger partial charge in [-0.05, 0) is 59.0 Å². The first-order valence-electron chi connectivity index (χ1n) is 5.87. The Balaban J connectivity index is 2.01. The summed E-state index contributed by atoms with van der Waals surface area (Å²) in [6.45, 7) is 0. The molecule has 0 N–H and O–H groups in total. The zero-order valence-electron chi connectivity index (χ0n) is 9.80. The van der Waals surface area contributed by atoms with Gasteiger partial charge in [0.05, 0.1) is 14.9 Å². The van der Waals surface area contributed by atoms with Crippen molar-refractivity contribution in [1.82, 2.24) is 0 Å². The lowest BCUT2D eigenvalue weighted by Gasteiger charge is -2.02. The van der Waals surface area contributed by atoms with Crippen molar-refractivity contribution < 1.29 is 13.6 Å². The standard InChI is InChI=1S/C14H9BrF2OS/c15-9-6-10(16)8(5-11(9)17)14(18)13-4-7-2-1-3-12(7)19-13/h4-6H,1-3H2. The van der Waals surface area contributed by atoms with Crippen LogP contribution in [0.3, 0.4) is 0 Å². The Morgan fingerprint density at radius 1 is 1.16 bits per heavy atom. The summed E-state index contributed by atoms with van der Waals surface area (Å²) in [6, 6.07) is 3.76. The summed E-state index contributed by atoms with van der Waals surface area (Å²) < 4.78 is 27.2. The number of carbonyl (C=O) groups excluding carboxylic acids is 1. The van der Waals surface area contributed by atoms with Gasteiger partial charge in [0.2, 0.25) is 5.78 Å². The first-order valence-corrected chi connectivity index (χ1v) is 7.48. The fraction of sp³-hybridized carbons (Fsp3) is 0.214. The van der Waals surface area contributed by atoms with Gasteiger partial charge in [-0.1, -0.05) is 0 Å². The van der Waals surface area contributed by atoms with Gasteiger partial charge in [-0.2, -0.15) is 0 Å². The molecular weight excluding hydrogens is 334 g/mol. The minimum Gasteiger partial charge on any atom is -0.288 e. The quantitative estimate of drug-likeness (QED) is 0.579. The van der Waals surface area contributed by atoms with E-state index in [1.165, 1.54) is 21.8 Å². The Hall–Kier alpha value is -1.07. The van der Waals surface area contributed by atoms with Crippen LogP contribution in [0.5, 0.6) is 0 Å². The summed E-state index contributed by atoms with van der Waals surface area (Å²) in [7, 11) is 0. The summed E-state index contributed by atoms with van der Waals surface area (Å²) in [5.41, 5.74) is 0.965. The molecule has 1 aromatic carbocycles. The van der Waals surface area contributed by atoms with Gasteiger partial charge in [-0.15, -0.1) is 11.3 Å². The number of rotatable bonds is 2. The van der Waals surface area contributed by atoms with Crippen molar-refractivity contribution >= 4 is 33.0 Å². The molecule has 2 aromatic rings. The van der Waals surface area contributed by atoms with Gasteiger partial charge < -0.3 is 0 Å². The summed E-state index contributed by atoms with van der Waals surface area (Å²) in [4.78, 5) is 13.9. The second kappa shape index (κ2) is 4.80. The summed E-state index contributed by atoms with van der Waals surface area (Å²) >= 11 is 4.29. The van der Waals surface area contributed by atoms with Gasteiger partial charge in [0.25, 0.3) is 0 Å². The summed E-state index contributed by atoms with van der Waals surface area (Å²) in [6.07, 6.45) is 3.05. The highest BCUT2D eigenvalue weighted by Crippen LogP contribution is 2.32. The monoisotopic (exact) mass is 342 g/mol. The molecule has 1 aliphatic rings. The van der Waals surface area contributed by atoms with Crippen LogP contribution in [0.4, 0.5) is 8.78 Å². The van der Waals surface area contributed by atoms with Crippen LogP contribution in [0.2, 0.25) is 0 Å². The summed E-state index contributed by atoms with van der Waals surface area (Å²) in [5.74, 6) is -1.77. The third kappa shape index (κ3) is 2.25. The molecule has 0 saturated heterocycles. The van der Waals surface area contributed by atoms with Gasteiger partial charge in [0, 0.05) is 4.88 Å². The van der Waals surface area contributed by atoms with Crippen LogP contribution in [0.1, 0.15) is 32.1 Å². The molecule has 1 heterocycles. The lowest BCUT2D eigenvalue weighted by molar-refractivity contribution is 0.103. The van der Waals surface area contributed by atoms with E-state index in [0.29, 0.717) is 4.88 Å². The number of carbonyl (C=O) groups is 1. The molecule has 0 saturated carbocycles. The van der Waals surface area contributed by atoms with Crippen molar-refractivity contribution in [2.45, 2.75) is 19.3 Å². The Labute approximate surface area is 121 Å². The molecule has 1 aromatic heterocycles. The van der Waals surface area contributed by atoms with Crippen molar-refractivity contribution in [2.75, 3.05) is 0 Å². The molecule has 1 aliphatic carbocycles. The Kier molecular flexibility index (Phi) is 3.27. The average molecular weight is 343 g/mol. The lowest BCUT2D eigenvalue weighted by Crippen LogP contribution is -2.03. The minimum absolute atomic E-state index is 0.0234. The van der Waals surface area contributed by atoms with Crippen LogP contribution in [0.15, 0.2) is 22.7 Å². The molecule has 5 heteroatoms. The first-order chi connectivity index (χ1) is 9.06. The van der Waals surface area contributed by atoms with Crippen molar-refractivity contribution in [2.24, 2.45) is 0 Å². The molecule has 0 spiro atoms. The number of halogens is 3. The topological polar surface area (TPSA) is 17.1 Å². The highest BCUT2D eigenvalue weighted by atomic mass is 79.9. The van der Waals surface area contributed by atoms with E-state index in [-0.39, 0.29) is 10.0 Å². The summed E-state index contributed by atoms with van der Waals surface area (Å²) in [5, 5.41) is 0. The number of hydrogen-bond acceptors (Lipinski definition) is 2. The molecule has 98 valence electrons. The number of aryl methyl sites for hydroxylation is 2. The van der Waals surface area contributed by atoms with E-state index in [9.17, 15) is 13.6 Å². The highest BCUT2D eigenvalue weighted by Gasteiger charge is 2.22. The maximum atomic E-state index is 13.8. The number of ketones is 1. The van der Waals surface area contributed by atoms with Gasteiger partial charge in [-0.25, -0.2) is 8.78 Å². The maximum Gasteiger partial charge on any atom is 0.206 e. The smallest absolute Gasteiger partial charge is 0.206 e. The molecule has 0 amide bonds. The first kappa shape index (κ1) is 12.9. The lowest BCUT2D eigenvalue weighted by atomic mass is 10.1. The van der Waals surface area contributed by atoms with Crippen LogP contribution < -0.4 is 0 Å². The molecule has 0 atom stereocenters. The molecule has 0 bridgehead atoms. The van der Waals surface area contributed by atoms with Crippen molar-refractivity contribution in [3.63, 3.8) is 0 Å². The highest BCUT2D eigenvalue weighted by molar-refractivity contribution is 9.10. The number of benzene rings is 1. The number of hydrogen-bond donors (Lipinski definition) is 0. The van der Waals surface area contributed by atoms with Crippen molar-refractivity contribution in [3.05, 3.63) is 55.2 Å². The molecule has 0 radical (unpaired) electrons. The zero-order valence-corrected chi connectivity index (χ0v) is 12.2. The Bertz CT molecular complexity index is 657. The molecule has 1 nitrogen and oxygen atoms in total. The van der Waals surface area contributed by atoms with Crippen molar-refractivity contribution in [3.8, 4) is 0 Å². The van der Waals surface area contributed by atoms with E-state index in [1.807, 2.05) is 6.07 Å². The largest absolute Gasteiger partial charge is 0.288 e. The minimum atomic E-state index is -0.702. The van der Waals surface area contributed by atoms with E-state index in [2.05, 4.69) is 15.9 Å². The van der Waals surface area contributed by atoms with E-state index >= 15 is 0 Å². The molecule has 0 aliphatic heterocycles. The van der Waals surface area contributed by atoms with E-state index in [1.54, 1.807) is 0 Å². The second-order valence-electron chi connectivity index (χ2n) is 4.49. The molecule has 19 heavy (non-hydrogen) atoms. The fourth-order valence-electron chi connectivity index (χ4n) is 2.27.